The summed E-state index contributed by atoms with van der Waals surface area (Å²) in [4.78, 5) is -0.0625. The van der Waals surface area contributed by atoms with E-state index in [1.165, 1.54) is 13.0 Å². The van der Waals surface area contributed by atoms with Crippen molar-refractivity contribution >= 4 is 28.6 Å². The quantitative estimate of drug-likeness (QED) is 0.676. The first-order valence-electron chi connectivity index (χ1n) is 3.39. The van der Waals surface area contributed by atoms with Gasteiger partial charge in [-0.1, -0.05) is 6.07 Å². The van der Waals surface area contributed by atoms with Crippen LogP contribution in [0.1, 0.15) is 11.1 Å². The maximum Gasteiger partial charge on any atom is 0.417 e. The molecule has 0 spiro atoms. The minimum absolute atomic E-state index is 0.0625. The van der Waals surface area contributed by atoms with Gasteiger partial charge < -0.3 is 0 Å². The molecule has 0 amide bonds. The number of halogens is 4. The third-order valence-electron chi connectivity index (χ3n) is 1.62. The summed E-state index contributed by atoms with van der Waals surface area (Å²) in [6, 6.07) is 2.96. The van der Waals surface area contributed by atoms with Crippen LogP contribution in [0.2, 0.25) is 0 Å². The molecule has 13 heavy (non-hydrogen) atoms. The van der Waals surface area contributed by atoms with Crippen molar-refractivity contribution in [3.8, 4) is 0 Å². The Morgan fingerprint density at radius 1 is 1.31 bits per heavy atom. The zero-order valence-corrected chi connectivity index (χ0v) is 9.09. The molecule has 0 saturated carbocycles. The van der Waals surface area contributed by atoms with Crippen molar-refractivity contribution in [2.75, 3.05) is 0 Å². The number of hydrogen-bond acceptors (Lipinski definition) is 1. The van der Waals surface area contributed by atoms with Crippen molar-refractivity contribution in [1.82, 2.24) is 0 Å². The van der Waals surface area contributed by atoms with Crippen LogP contribution in [0.3, 0.4) is 0 Å². The minimum atomic E-state index is -4.34. The normalized spacial score (nSPS) is 11.8. The van der Waals surface area contributed by atoms with Gasteiger partial charge in [0.1, 0.15) is 0 Å². The summed E-state index contributed by atoms with van der Waals surface area (Å²) in [5, 5.41) is 0. The SMILES string of the molecule is Cc1ccc(Br)c(S)c1C(F)(F)F. The summed E-state index contributed by atoms with van der Waals surface area (Å²) in [6.07, 6.45) is -4.34. The lowest BCUT2D eigenvalue weighted by Crippen LogP contribution is -2.08. The van der Waals surface area contributed by atoms with Gasteiger partial charge >= 0.3 is 6.18 Å². The van der Waals surface area contributed by atoms with Crippen LogP contribution in [0, 0.1) is 6.92 Å². The highest BCUT2D eigenvalue weighted by molar-refractivity contribution is 9.10. The molecule has 0 aliphatic heterocycles. The van der Waals surface area contributed by atoms with E-state index in [-0.39, 0.29) is 10.5 Å². The third kappa shape index (κ3) is 2.20. The van der Waals surface area contributed by atoms with Crippen molar-refractivity contribution in [3.63, 3.8) is 0 Å². The van der Waals surface area contributed by atoms with E-state index in [1.54, 1.807) is 6.07 Å². The molecule has 0 aliphatic carbocycles. The summed E-state index contributed by atoms with van der Waals surface area (Å²) >= 11 is 6.80. The molecule has 0 fully saturated rings. The van der Waals surface area contributed by atoms with Gasteiger partial charge in [-0.25, -0.2) is 0 Å². The van der Waals surface area contributed by atoms with Crippen LogP contribution in [-0.4, -0.2) is 0 Å². The smallest absolute Gasteiger partial charge is 0.166 e. The predicted molar refractivity (Wildman–Crippen MR) is 51.1 cm³/mol. The molecule has 0 aliphatic rings. The molecule has 0 N–H and O–H groups in total. The lowest BCUT2D eigenvalue weighted by molar-refractivity contribution is -0.140. The lowest BCUT2D eigenvalue weighted by atomic mass is 10.1. The molecular formula is C8H6BrF3S. The van der Waals surface area contributed by atoms with Gasteiger partial charge in [-0.05, 0) is 34.5 Å². The van der Waals surface area contributed by atoms with Crippen molar-refractivity contribution in [2.45, 2.75) is 18.0 Å². The van der Waals surface area contributed by atoms with E-state index in [0.29, 0.717) is 4.47 Å². The Bertz CT molecular complexity index is 333. The Balaban J connectivity index is 3.43. The Morgan fingerprint density at radius 3 is 2.23 bits per heavy atom. The summed E-state index contributed by atoms with van der Waals surface area (Å²) < 4.78 is 37.6. The van der Waals surface area contributed by atoms with E-state index >= 15 is 0 Å². The van der Waals surface area contributed by atoms with E-state index in [2.05, 4.69) is 28.6 Å². The molecule has 1 rings (SSSR count). The molecule has 0 saturated heterocycles. The van der Waals surface area contributed by atoms with Crippen LogP contribution < -0.4 is 0 Å². The number of benzene rings is 1. The standard InChI is InChI=1S/C8H6BrF3S/c1-4-2-3-5(9)7(13)6(4)8(10,11)12/h2-3,13H,1H3. The molecule has 5 heteroatoms. The van der Waals surface area contributed by atoms with Gasteiger partial charge in [-0.2, -0.15) is 13.2 Å². The van der Waals surface area contributed by atoms with Gasteiger partial charge in [0.25, 0.3) is 0 Å². The monoisotopic (exact) mass is 270 g/mol. The molecular weight excluding hydrogens is 265 g/mol. The van der Waals surface area contributed by atoms with E-state index in [4.69, 9.17) is 0 Å². The Kier molecular flexibility index (Phi) is 2.97. The van der Waals surface area contributed by atoms with Crippen LogP contribution in [0.5, 0.6) is 0 Å². The molecule has 72 valence electrons. The molecule has 0 heterocycles. The van der Waals surface area contributed by atoms with Crippen LogP contribution in [0.15, 0.2) is 21.5 Å². The summed E-state index contributed by atoms with van der Waals surface area (Å²) in [7, 11) is 0. The van der Waals surface area contributed by atoms with Crippen molar-refractivity contribution in [3.05, 3.63) is 27.7 Å². The van der Waals surface area contributed by atoms with Crippen molar-refractivity contribution in [1.29, 1.82) is 0 Å². The topological polar surface area (TPSA) is 0 Å². The van der Waals surface area contributed by atoms with Gasteiger partial charge in [-0.3, -0.25) is 0 Å². The maximum absolute atomic E-state index is 12.4. The lowest BCUT2D eigenvalue weighted by Gasteiger charge is -2.13. The van der Waals surface area contributed by atoms with Crippen molar-refractivity contribution < 1.29 is 13.2 Å². The zero-order valence-electron chi connectivity index (χ0n) is 6.61. The van der Waals surface area contributed by atoms with Crippen LogP contribution in [0.4, 0.5) is 13.2 Å². The Labute approximate surface area is 87.7 Å². The van der Waals surface area contributed by atoms with E-state index < -0.39 is 11.7 Å². The van der Waals surface area contributed by atoms with Crippen molar-refractivity contribution in [2.24, 2.45) is 0 Å². The fourth-order valence-corrected chi connectivity index (χ4v) is 1.73. The summed E-state index contributed by atoms with van der Waals surface area (Å²) in [5.41, 5.74) is -0.495. The van der Waals surface area contributed by atoms with Gasteiger partial charge in [0.15, 0.2) is 0 Å². The molecule has 0 aromatic heterocycles. The summed E-state index contributed by atoms with van der Waals surface area (Å²) in [5.74, 6) is 0. The van der Waals surface area contributed by atoms with E-state index in [0.717, 1.165) is 0 Å². The molecule has 0 radical (unpaired) electrons. The highest BCUT2D eigenvalue weighted by Crippen LogP contribution is 2.39. The highest BCUT2D eigenvalue weighted by Gasteiger charge is 2.35. The number of aryl methyl sites for hydroxylation is 1. The van der Waals surface area contributed by atoms with E-state index in [9.17, 15) is 13.2 Å². The van der Waals surface area contributed by atoms with Crippen LogP contribution in [0.25, 0.3) is 0 Å². The number of thiol groups is 1. The van der Waals surface area contributed by atoms with Gasteiger partial charge in [0.2, 0.25) is 0 Å². The fourth-order valence-electron chi connectivity index (χ4n) is 1.02. The van der Waals surface area contributed by atoms with Crippen LogP contribution >= 0.6 is 28.6 Å². The Morgan fingerprint density at radius 2 is 1.85 bits per heavy atom. The number of alkyl halides is 3. The van der Waals surface area contributed by atoms with Crippen LogP contribution in [-0.2, 0) is 6.18 Å². The molecule has 1 aromatic carbocycles. The first-order valence-corrected chi connectivity index (χ1v) is 4.63. The van der Waals surface area contributed by atoms with Gasteiger partial charge in [-0.15, -0.1) is 12.6 Å². The first kappa shape index (κ1) is 10.9. The highest BCUT2D eigenvalue weighted by atomic mass is 79.9. The summed E-state index contributed by atoms with van der Waals surface area (Å²) in [6.45, 7) is 1.41. The minimum Gasteiger partial charge on any atom is -0.166 e. The number of hydrogen-bond donors (Lipinski definition) is 1. The second-order valence-corrected chi connectivity index (χ2v) is 3.89. The maximum atomic E-state index is 12.4. The molecule has 1 aromatic rings. The predicted octanol–water partition coefficient (Wildman–Crippen LogP) is 4.07. The zero-order chi connectivity index (χ0) is 10.2. The fraction of sp³-hybridized carbons (Fsp3) is 0.250. The molecule has 0 unspecified atom stereocenters. The molecule has 0 atom stereocenters. The second-order valence-electron chi connectivity index (χ2n) is 2.59. The van der Waals surface area contributed by atoms with Gasteiger partial charge in [0, 0.05) is 9.37 Å². The third-order valence-corrected chi connectivity index (χ3v) is 3.05. The molecule has 0 nitrogen and oxygen atoms in total. The largest absolute Gasteiger partial charge is 0.417 e. The van der Waals surface area contributed by atoms with Gasteiger partial charge in [0.05, 0.1) is 5.56 Å². The number of rotatable bonds is 0. The average molecular weight is 271 g/mol. The first-order chi connectivity index (χ1) is 5.84. The second kappa shape index (κ2) is 3.53. The average Bonchev–Trinajstić information content (AvgIpc) is 1.95. The molecule has 0 bridgehead atoms. The van der Waals surface area contributed by atoms with E-state index in [1.807, 2.05) is 0 Å². The Hall–Kier alpha value is -0.160.